The van der Waals surface area contributed by atoms with Crippen molar-refractivity contribution in [1.29, 1.82) is 0 Å². The summed E-state index contributed by atoms with van der Waals surface area (Å²) in [6, 6.07) is 7.25. The number of aliphatic hydroxyl groups is 1. The molecule has 4 heteroatoms. The molecular weight excluding hydrogens is 228 g/mol. The van der Waals surface area contributed by atoms with Crippen molar-refractivity contribution in [1.82, 2.24) is 0 Å². The highest BCUT2D eigenvalue weighted by Crippen LogP contribution is 2.13. The second-order valence-electron chi connectivity index (χ2n) is 3.13. The molecule has 0 radical (unpaired) electrons. The van der Waals surface area contributed by atoms with Gasteiger partial charge in [-0.25, -0.2) is 0 Å². The molecule has 1 aromatic carbocycles. The summed E-state index contributed by atoms with van der Waals surface area (Å²) in [7, 11) is 0. The molecule has 3 nitrogen and oxygen atoms in total. The normalized spacial score (nSPS) is 10.6. The molecule has 0 atom stereocenters. The van der Waals surface area contributed by atoms with E-state index in [0.29, 0.717) is 13.0 Å². The lowest BCUT2D eigenvalue weighted by atomic mass is 10.2. The molecule has 0 heterocycles. The smallest absolute Gasteiger partial charge is 0.245 e. The van der Waals surface area contributed by atoms with Gasteiger partial charge in [-0.1, -0.05) is 18.2 Å². The van der Waals surface area contributed by atoms with E-state index in [9.17, 15) is 4.79 Å². The number of hydrogen-bond donors (Lipinski definition) is 1. The quantitative estimate of drug-likeness (QED) is 0.471. The third-order valence-corrected chi connectivity index (χ3v) is 1.98. The van der Waals surface area contributed by atoms with Crippen LogP contribution in [0.1, 0.15) is 12.0 Å². The van der Waals surface area contributed by atoms with Crippen LogP contribution in [-0.4, -0.2) is 23.6 Å². The average molecular weight is 241 g/mol. The summed E-state index contributed by atoms with van der Waals surface area (Å²) in [4.78, 5) is 10.5. The molecule has 86 valence electrons. The molecule has 0 aliphatic heterocycles. The monoisotopic (exact) mass is 240 g/mol. The van der Waals surface area contributed by atoms with E-state index in [1.807, 2.05) is 12.1 Å². The van der Waals surface area contributed by atoms with E-state index in [4.69, 9.17) is 21.4 Å². The third kappa shape index (κ3) is 4.96. The molecule has 1 rings (SSSR count). The highest BCUT2D eigenvalue weighted by Gasteiger charge is 1.94. The molecule has 0 spiro atoms. The zero-order valence-corrected chi connectivity index (χ0v) is 9.48. The first-order valence-corrected chi connectivity index (χ1v) is 5.31. The van der Waals surface area contributed by atoms with E-state index >= 15 is 0 Å². The van der Waals surface area contributed by atoms with Gasteiger partial charge < -0.3 is 9.84 Å². The van der Waals surface area contributed by atoms with E-state index in [2.05, 4.69) is 0 Å². The number of halogens is 1. The number of rotatable bonds is 6. The first kappa shape index (κ1) is 12.7. The zero-order chi connectivity index (χ0) is 11.8. The van der Waals surface area contributed by atoms with Crippen LogP contribution in [0.25, 0.3) is 6.08 Å². The summed E-state index contributed by atoms with van der Waals surface area (Å²) in [6.07, 6.45) is 3.54. The van der Waals surface area contributed by atoms with Gasteiger partial charge in [0, 0.05) is 13.0 Å². The summed E-state index contributed by atoms with van der Waals surface area (Å²) in [5.74, 6) is 0.739. The highest BCUT2D eigenvalue weighted by molar-refractivity contribution is 6.66. The number of ether oxygens (including phenoxy) is 1. The standard InChI is InChI=1S/C12H13ClO3/c13-12(15)7-4-10-2-5-11(6-3-10)16-9-1-8-14/h2-7,14H,1,8-9H2. The van der Waals surface area contributed by atoms with E-state index in [1.54, 1.807) is 18.2 Å². The van der Waals surface area contributed by atoms with E-state index in [1.165, 1.54) is 6.08 Å². The maximum absolute atomic E-state index is 10.5. The Morgan fingerprint density at radius 1 is 1.38 bits per heavy atom. The lowest BCUT2D eigenvalue weighted by Gasteiger charge is -2.04. The predicted molar refractivity (Wildman–Crippen MR) is 63.5 cm³/mol. The summed E-state index contributed by atoms with van der Waals surface area (Å²) >= 11 is 5.17. The fourth-order valence-corrected chi connectivity index (χ4v) is 1.15. The van der Waals surface area contributed by atoms with Crippen LogP contribution in [0.15, 0.2) is 30.3 Å². The highest BCUT2D eigenvalue weighted by atomic mass is 35.5. The van der Waals surface area contributed by atoms with Gasteiger partial charge in [-0.3, -0.25) is 4.79 Å². The Bertz CT molecular complexity index is 357. The lowest BCUT2D eigenvalue weighted by molar-refractivity contribution is -0.107. The summed E-state index contributed by atoms with van der Waals surface area (Å²) in [5.41, 5.74) is 0.878. The molecule has 16 heavy (non-hydrogen) atoms. The molecule has 1 N–H and O–H groups in total. The largest absolute Gasteiger partial charge is 0.494 e. The van der Waals surface area contributed by atoms with Crippen molar-refractivity contribution in [3.8, 4) is 5.75 Å². The van der Waals surface area contributed by atoms with Crippen molar-refractivity contribution in [2.24, 2.45) is 0 Å². The third-order valence-electron chi connectivity index (χ3n) is 1.86. The number of benzene rings is 1. The van der Waals surface area contributed by atoms with Crippen LogP contribution >= 0.6 is 11.6 Å². The molecule has 0 aromatic heterocycles. The van der Waals surface area contributed by atoms with Gasteiger partial charge >= 0.3 is 0 Å². The molecule has 0 bridgehead atoms. The van der Waals surface area contributed by atoms with E-state index in [0.717, 1.165) is 11.3 Å². The van der Waals surface area contributed by atoms with Gasteiger partial charge in [0.05, 0.1) is 6.61 Å². The van der Waals surface area contributed by atoms with Gasteiger partial charge in [0.2, 0.25) is 5.24 Å². The van der Waals surface area contributed by atoms with Crippen LogP contribution in [0.4, 0.5) is 0 Å². The van der Waals surface area contributed by atoms with Gasteiger partial charge in [0.1, 0.15) is 5.75 Å². The number of carbonyl (C=O) groups is 1. The van der Waals surface area contributed by atoms with E-state index in [-0.39, 0.29) is 6.61 Å². The lowest BCUT2D eigenvalue weighted by Crippen LogP contribution is -1.99. The van der Waals surface area contributed by atoms with Crippen molar-refractivity contribution >= 4 is 22.9 Å². The number of carbonyl (C=O) groups excluding carboxylic acids is 1. The topological polar surface area (TPSA) is 46.5 Å². The first-order chi connectivity index (χ1) is 7.72. The second kappa shape index (κ2) is 7.04. The molecule has 1 aromatic rings. The molecule has 0 saturated heterocycles. The fraction of sp³-hybridized carbons (Fsp3) is 0.250. The Balaban J connectivity index is 2.51. The second-order valence-corrected chi connectivity index (χ2v) is 3.50. The van der Waals surface area contributed by atoms with Crippen LogP contribution < -0.4 is 4.74 Å². The van der Waals surface area contributed by atoms with Crippen molar-refractivity contribution in [2.45, 2.75) is 6.42 Å². The Hall–Kier alpha value is -1.32. The van der Waals surface area contributed by atoms with E-state index < -0.39 is 5.24 Å². The first-order valence-electron chi connectivity index (χ1n) is 4.93. The van der Waals surface area contributed by atoms with Crippen LogP contribution in [0.3, 0.4) is 0 Å². The van der Waals surface area contributed by atoms with Crippen LogP contribution in [-0.2, 0) is 4.79 Å². The fourth-order valence-electron chi connectivity index (χ4n) is 1.09. The van der Waals surface area contributed by atoms with Crippen molar-refractivity contribution in [3.63, 3.8) is 0 Å². The predicted octanol–water partition coefficient (Wildman–Crippen LogP) is 2.23. The summed E-state index contributed by atoms with van der Waals surface area (Å²) < 4.78 is 5.35. The minimum absolute atomic E-state index is 0.124. The molecule has 0 saturated carbocycles. The molecule has 0 aliphatic carbocycles. The summed E-state index contributed by atoms with van der Waals surface area (Å²) in [5, 5.41) is 8.08. The van der Waals surface area contributed by atoms with Gasteiger partial charge in [-0.2, -0.15) is 0 Å². The molecule has 0 unspecified atom stereocenters. The van der Waals surface area contributed by atoms with Crippen LogP contribution in [0.2, 0.25) is 0 Å². The van der Waals surface area contributed by atoms with Crippen molar-refractivity contribution < 1.29 is 14.6 Å². The minimum Gasteiger partial charge on any atom is -0.494 e. The number of allylic oxidation sites excluding steroid dienone is 1. The van der Waals surface area contributed by atoms with Crippen LogP contribution in [0, 0.1) is 0 Å². The zero-order valence-electron chi connectivity index (χ0n) is 8.73. The SMILES string of the molecule is O=C(Cl)C=Cc1ccc(OCCCO)cc1. The number of aliphatic hydroxyl groups excluding tert-OH is 1. The molecule has 0 fully saturated rings. The molecule has 0 aliphatic rings. The molecular formula is C12H13ClO3. The Morgan fingerprint density at radius 2 is 2.06 bits per heavy atom. The average Bonchev–Trinajstić information content (AvgIpc) is 2.28. The van der Waals surface area contributed by atoms with Gasteiger partial charge in [-0.05, 0) is 35.4 Å². The van der Waals surface area contributed by atoms with Crippen molar-refractivity contribution in [3.05, 3.63) is 35.9 Å². The Kier molecular flexibility index (Phi) is 5.61. The minimum atomic E-state index is -0.497. The Morgan fingerprint density at radius 3 is 2.62 bits per heavy atom. The van der Waals surface area contributed by atoms with Gasteiger partial charge in [-0.15, -0.1) is 0 Å². The maximum atomic E-state index is 10.5. The maximum Gasteiger partial charge on any atom is 0.245 e. The number of hydrogen-bond acceptors (Lipinski definition) is 3. The van der Waals surface area contributed by atoms with Crippen LogP contribution in [0.5, 0.6) is 5.75 Å². The summed E-state index contributed by atoms with van der Waals surface area (Å²) in [6.45, 7) is 0.616. The van der Waals surface area contributed by atoms with Gasteiger partial charge in [0.25, 0.3) is 0 Å². The Labute approximate surface area is 99.3 Å². The molecule has 0 amide bonds. The van der Waals surface area contributed by atoms with Crippen molar-refractivity contribution in [2.75, 3.05) is 13.2 Å². The van der Waals surface area contributed by atoms with Gasteiger partial charge in [0.15, 0.2) is 0 Å².